The third-order valence-electron chi connectivity index (χ3n) is 3.74. The van der Waals surface area contributed by atoms with Gasteiger partial charge in [0.1, 0.15) is 5.82 Å². The van der Waals surface area contributed by atoms with Crippen molar-refractivity contribution < 1.29 is 4.39 Å². The minimum absolute atomic E-state index is 0.167. The van der Waals surface area contributed by atoms with Gasteiger partial charge in [-0.3, -0.25) is 0 Å². The number of likely N-dealkylation sites (N-methyl/N-ethyl adjacent to an activating group) is 1. The Kier molecular flexibility index (Phi) is 2.84. The molecular formula is C14H18FN3. The predicted molar refractivity (Wildman–Crippen MR) is 71.1 cm³/mol. The fourth-order valence-corrected chi connectivity index (χ4v) is 2.78. The van der Waals surface area contributed by atoms with Crippen molar-refractivity contribution in [3.8, 4) is 0 Å². The molecule has 18 heavy (non-hydrogen) atoms. The van der Waals surface area contributed by atoms with Crippen molar-refractivity contribution in [2.45, 2.75) is 6.04 Å². The molecule has 2 heterocycles. The number of hydrogen-bond donors (Lipinski definition) is 1. The molecule has 3 rings (SSSR count). The normalized spacial score (nSPS) is 21.6. The van der Waals surface area contributed by atoms with E-state index in [9.17, 15) is 4.39 Å². The van der Waals surface area contributed by atoms with E-state index in [2.05, 4.69) is 28.0 Å². The maximum atomic E-state index is 13.4. The van der Waals surface area contributed by atoms with Gasteiger partial charge >= 0.3 is 0 Å². The summed E-state index contributed by atoms with van der Waals surface area (Å²) in [7, 11) is 4.13. The minimum Gasteiger partial charge on any atom is -0.350 e. The zero-order valence-corrected chi connectivity index (χ0v) is 10.8. The minimum atomic E-state index is -0.167. The SMILES string of the molecule is CN1CCNC(c2cn(C)c3ccc(F)cc23)C1. The molecule has 0 amide bonds. The van der Waals surface area contributed by atoms with E-state index in [1.165, 1.54) is 11.6 Å². The first-order chi connectivity index (χ1) is 8.65. The third kappa shape index (κ3) is 1.91. The molecule has 1 N–H and O–H groups in total. The number of aryl methyl sites for hydroxylation is 1. The van der Waals surface area contributed by atoms with Gasteiger partial charge in [0.2, 0.25) is 0 Å². The van der Waals surface area contributed by atoms with Gasteiger partial charge in [0.05, 0.1) is 0 Å². The summed E-state index contributed by atoms with van der Waals surface area (Å²) in [6.07, 6.45) is 2.11. The Hall–Kier alpha value is -1.39. The highest BCUT2D eigenvalue weighted by atomic mass is 19.1. The Balaban J connectivity index is 2.08. The van der Waals surface area contributed by atoms with Gasteiger partial charge < -0.3 is 14.8 Å². The second-order valence-electron chi connectivity index (χ2n) is 5.13. The van der Waals surface area contributed by atoms with E-state index < -0.39 is 0 Å². The molecule has 0 aliphatic carbocycles. The van der Waals surface area contributed by atoms with Crippen molar-refractivity contribution in [3.05, 3.63) is 35.8 Å². The molecule has 1 unspecified atom stereocenters. The van der Waals surface area contributed by atoms with E-state index in [1.807, 2.05) is 13.1 Å². The summed E-state index contributed by atoms with van der Waals surface area (Å²) in [6.45, 7) is 3.01. The maximum Gasteiger partial charge on any atom is 0.123 e. The maximum absolute atomic E-state index is 13.4. The molecule has 1 aliphatic rings. The van der Waals surface area contributed by atoms with Crippen LogP contribution >= 0.6 is 0 Å². The van der Waals surface area contributed by atoms with Crippen molar-refractivity contribution in [3.63, 3.8) is 0 Å². The summed E-state index contributed by atoms with van der Waals surface area (Å²) in [5.41, 5.74) is 2.28. The number of piperazine rings is 1. The Morgan fingerprint density at radius 2 is 2.17 bits per heavy atom. The highest BCUT2D eigenvalue weighted by Gasteiger charge is 2.21. The molecule has 0 bridgehead atoms. The van der Waals surface area contributed by atoms with Crippen molar-refractivity contribution in [2.75, 3.05) is 26.7 Å². The van der Waals surface area contributed by atoms with Gasteiger partial charge in [-0.2, -0.15) is 0 Å². The van der Waals surface area contributed by atoms with Crippen LogP contribution in [0, 0.1) is 5.82 Å². The lowest BCUT2D eigenvalue weighted by atomic mass is 10.0. The molecule has 1 fully saturated rings. The quantitative estimate of drug-likeness (QED) is 0.830. The average Bonchev–Trinajstić information content (AvgIpc) is 2.66. The smallest absolute Gasteiger partial charge is 0.123 e. The predicted octanol–water partition coefficient (Wildman–Crippen LogP) is 1.89. The molecule has 0 saturated carbocycles. The molecule has 3 nitrogen and oxygen atoms in total. The second-order valence-corrected chi connectivity index (χ2v) is 5.13. The number of nitrogens with one attached hydrogen (secondary N) is 1. The molecule has 1 saturated heterocycles. The van der Waals surface area contributed by atoms with Crippen LogP contribution in [-0.4, -0.2) is 36.1 Å². The van der Waals surface area contributed by atoms with Gasteiger partial charge in [-0.25, -0.2) is 4.39 Å². The van der Waals surface area contributed by atoms with E-state index >= 15 is 0 Å². The molecular weight excluding hydrogens is 229 g/mol. The number of halogens is 1. The molecule has 1 atom stereocenters. The molecule has 2 aromatic rings. The van der Waals surface area contributed by atoms with Gasteiger partial charge in [-0.1, -0.05) is 0 Å². The van der Waals surface area contributed by atoms with Gasteiger partial charge in [0, 0.05) is 49.8 Å². The Morgan fingerprint density at radius 1 is 1.33 bits per heavy atom. The third-order valence-corrected chi connectivity index (χ3v) is 3.74. The number of aromatic nitrogens is 1. The second kappa shape index (κ2) is 4.37. The molecule has 4 heteroatoms. The average molecular weight is 247 g/mol. The summed E-state index contributed by atoms with van der Waals surface area (Å²) < 4.78 is 15.5. The lowest BCUT2D eigenvalue weighted by molar-refractivity contribution is 0.241. The summed E-state index contributed by atoms with van der Waals surface area (Å²) in [5.74, 6) is -0.167. The first-order valence-corrected chi connectivity index (χ1v) is 6.31. The molecule has 0 radical (unpaired) electrons. The largest absolute Gasteiger partial charge is 0.350 e. The highest BCUT2D eigenvalue weighted by Crippen LogP contribution is 2.28. The standard InChI is InChI=1S/C14H18FN3/c1-17-6-5-16-13(9-17)12-8-18(2)14-4-3-10(15)7-11(12)14/h3-4,7-8,13,16H,5-6,9H2,1-2H3. The van der Waals surface area contributed by atoms with Crippen molar-refractivity contribution >= 4 is 10.9 Å². The lowest BCUT2D eigenvalue weighted by Gasteiger charge is -2.30. The van der Waals surface area contributed by atoms with Crippen LogP contribution in [0.2, 0.25) is 0 Å². The van der Waals surface area contributed by atoms with Crippen LogP contribution < -0.4 is 5.32 Å². The number of benzene rings is 1. The van der Waals surface area contributed by atoms with Gasteiger partial charge in [-0.15, -0.1) is 0 Å². The summed E-state index contributed by atoms with van der Waals surface area (Å²) in [5, 5.41) is 4.53. The summed E-state index contributed by atoms with van der Waals surface area (Å²) in [6, 6.07) is 5.29. The molecule has 96 valence electrons. The Morgan fingerprint density at radius 3 is 2.94 bits per heavy atom. The van der Waals surface area contributed by atoms with Crippen molar-refractivity contribution in [1.29, 1.82) is 0 Å². The van der Waals surface area contributed by atoms with Gasteiger partial charge in [-0.05, 0) is 30.8 Å². The number of nitrogens with zero attached hydrogens (tertiary/aromatic N) is 2. The van der Waals surface area contributed by atoms with Gasteiger partial charge in [0.15, 0.2) is 0 Å². The zero-order valence-electron chi connectivity index (χ0n) is 10.8. The fraction of sp³-hybridized carbons (Fsp3) is 0.429. The van der Waals surface area contributed by atoms with Crippen LogP contribution in [0.3, 0.4) is 0 Å². The van der Waals surface area contributed by atoms with E-state index in [4.69, 9.17) is 0 Å². The molecule has 1 aliphatic heterocycles. The highest BCUT2D eigenvalue weighted by molar-refractivity contribution is 5.84. The zero-order chi connectivity index (χ0) is 12.7. The van der Waals surface area contributed by atoms with E-state index in [1.54, 1.807) is 6.07 Å². The van der Waals surface area contributed by atoms with Crippen LogP contribution in [0.4, 0.5) is 4.39 Å². The first-order valence-electron chi connectivity index (χ1n) is 6.31. The van der Waals surface area contributed by atoms with Crippen LogP contribution in [0.1, 0.15) is 11.6 Å². The number of fused-ring (bicyclic) bond motifs is 1. The van der Waals surface area contributed by atoms with Crippen LogP contribution in [0.15, 0.2) is 24.4 Å². The Labute approximate surface area is 106 Å². The summed E-state index contributed by atoms with van der Waals surface area (Å²) >= 11 is 0. The van der Waals surface area contributed by atoms with E-state index in [0.29, 0.717) is 0 Å². The van der Waals surface area contributed by atoms with Gasteiger partial charge in [0.25, 0.3) is 0 Å². The molecule has 0 spiro atoms. The monoisotopic (exact) mass is 247 g/mol. The number of rotatable bonds is 1. The van der Waals surface area contributed by atoms with Crippen LogP contribution in [0.5, 0.6) is 0 Å². The first kappa shape index (κ1) is 11.7. The van der Waals surface area contributed by atoms with Crippen molar-refractivity contribution in [2.24, 2.45) is 7.05 Å². The van der Waals surface area contributed by atoms with E-state index in [-0.39, 0.29) is 11.9 Å². The van der Waals surface area contributed by atoms with Crippen molar-refractivity contribution in [1.82, 2.24) is 14.8 Å². The van der Waals surface area contributed by atoms with E-state index in [0.717, 1.165) is 30.5 Å². The van der Waals surface area contributed by atoms with Crippen LogP contribution in [-0.2, 0) is 7.05 Å². The fourth-order valence-electron chi connectivity index (χ4n) is 2.78. The topological polar surface area (TPSA) is 20.2 Å². The Bertz CT molecular complexity index is 576. The summed E-state index contributed by atoms with van der Waals surface area (Å²) in [4.78, 5) is 2.30. The number of hydrogen-bond acceptors (Lipinski definition) is 2. The molecule has 1 aromatic carbocycles. The lowest BCUT2D eigenvalue weighted by Crippen LogP contribution is -2.43. The van der Waals surface area contributed by atoms with Crippen LogP contribution in [0.25, 0.3) is 10.9 Å². The molecule has 1 aromatic heterocycles.